The molecule has 0 unspecified atom stereocenters. The first-order valence-corrected chi connectivity index (χ1v) is 7.09. The molecule has 1 heterocycles. The van der Waals surface area contributed by atoms with Gasteiger partial charge in [-0.05, 0) is 34.6 Å². The standard InChI is InChI=1S/C13H17BrN2O3/c1-2-15-3-4-16-13(17)9-7-10(14)12-11(8-9)18-5-6-19-12/h7-8,15H,2-6H2,1H3,(H,16,17). The average molecular weight is 329 g/mol. The van der Waals surface area contributed by atoms with Gasteiger partial charge in [0.1, 0.15) is 13.2 Å². The molecule has 1 aliphatic rings. The van der Waals surface area contributed by atoms with Gasteiger partial charge in [-0.3, -0.25) is 4.79 Å². The lowest BCUT2D eigenvalue weighted by molar-refractivity contribution is 0.0952. The van der Waals surface area contributed by atoms with Gasteiger partial charge in [0.2, 0.25) is 0 Å². The first-order valence-electron chi connectivity index (χ1n) is 6.30. The third kappa shape index (κ3) is 3.61. The first-order chi connectivity index (χ1) is 9.22. The Balaban J connectivity index is 2.04. The Labute approximate surface area is 120 Å². The monoisotopic (exact) mass is 328 g/mol. The highest BCUT2D eigenvalue weighted by Gasteiger charge is 2.18. The molecule has 0 aromatic heterocycles. The normalized spacial score (nSPS) is 13.2. The van der Waals surface area contributed by atoms with Crippen LogP contribution in [-0.4, -0.2) is 38.8 Å². The Morgan fingerprint density at radius 1 is 1.32 bits per heavy atom. The van der Waals surface area contributed by atoms with Crippen LogP contribution >= 0.6 is 15.9 Å². The van der Waals surface area contributed by atoms with Crippen molar-refractivity contribution < 1.29 is 14.3 Å². The average Bonchev–Trinajstić information content (AvgIpc) is 2.43. The van der Waals surface area contributed by atoms with Crippen molar-refractivity contribution >= 4 is 21.8 Å². The summed E-state index contributed by atoms with van der Waals surface area (Å²) in [7, 11) is 0. The van der Waals surface area contributed by atoms with Crippen molar-refractivity contribution in [2.45, 2.75) is 6.92 Å². The SMILES string of the molecule is CCNCCNC(=O)c1cc(Br)c2c(c1)OCCO2. The van der Waals surface area contributed by atoms with Crippen molar-refractivity contribution in [3.05, 3.63) is 22.2 Å². The molecule has 1 aromatic rings. The van der Waals surface area contributed by atoms with E-state index >= 15 is 0 Å². The number of carbonyl (C=O) groups excluding carboxylic acids is 1. The molecule has 2 rings (SSSR count). The van der Waals surface area contributed by atoms with Crippen LogP contribution in [0.5, 0.6) is 11.5 Å². The largest absolute Gasteiger partial charge is 0.486 e. The van der Waals surface area contributed by atoms with E-state index in [2.05, 4.69) is 26.6 Å². The molecule has 1 aliphatic heterocycles. The van der Waals surface area contributed by atoms with E-state index < -0.39 is 0 Å². The zero-order valence-corrected chi connectivity index (χ0v) is 12.4. The molecule has 1 amide bonds. The number of hydrogen-bond acceptors (Lipinski definition) is 4. The number of fused-ring (bicyclic) bond motifs is 1. The van der Waals surface area contributed by atoms with E-state index in [4.69, 9.17) is 9.47 Å². The molecule has 5 nitrogen and oxygen atoms in total. The summed E-state index contributed by atoms with van der Waals surface area (Å²) in [5.41, 5.74) is 0.563. The molecular weight excluding hydrogens is 312 g/mol. The zero-order valence-electron chi connectivity index (χ0n) is 10.8. The number of rotatable bonds is 5. The van der Waals surface area contributed by atoms with Crippen LogP contribution in [0.15, 0.2) is 16.6 Å². The fourth-order valence-corrected chi connectivity index (χ4v) is 2.34. The van der Waals surface area contributed by atoms with E-state index in [1.807, 2.05) is 6.92 Å². The number of carbonyl (C=O) groups is 1. The van der Waals surface area contributed by atoms with Crippen molar-refractivity contribution in [3.8, 4) is 11.5 Å². The summed E-state index contributed by atoms with van der Waals surface area (Å²) < 4.78 is 11.7. The highest BCUT2D eigenvalue weighted by molar-refractivity contribution is 9.10. The van der Waals surface area contributed by atoms with E-state index in [-0.39, 0.29) is 5.91 Å². The zero-order chi connectivity index (χ0) is 13.7. The third-order valence-corrected chi connectivity index (χ3v) is 3.29. The Hall–Kier alpha value is -1.27. The Kier molecular flexibility index (Phi) is 5.04. The van der Waals surface area contributed by atoms with E-state index in [0.717, 1.165) is 17.6 Å². The van der Waals surface area contributed by atoms with Gasteiger partial charge in [-0.2, -0.15) is 0 Å². The Morgan fingerprint density at radius 3 is 2.89 bits per heavy atom. The summed E-state index contributed by atoms with van der Waals surface area (Å²) >= 11 is 3.40. The topological polar surface area (TPSA) is 59.6 Å². The van der Waals surface area contributed by atoms with E-state index in [0.29, 0.717) is 36.8 Å². The van der Waals surface area contributed by atoms with Crippen LogP contribution in [0.3, 0.4) is 0 Å². The Bertz CT molecular complexity index is 465. The molecule has 104 valence electrons. The fraction of sp³-hybridized carbons (Fsp3) is 0.462. The highest BCUT2D eigenvalue weighted by atomic mass is 79.9. The van der Waals surface area contributed by atoms with Gasteiger partial charge in [-0.15, -0.1) is 0 Å². The summed E-state index contributed by atoms with van der Waals surface area (Å²) in [6.45, 7) is 5.31. The van der Waals surface area contributed by atoms with Crippen LogP contribution in [-0.2, 0) is 0 Å². The van der Waals surface area contributed by atoms with Gasteiger partial charge in [0.15, 0.2) is 11.5 Å². The second-order valence-corrected chi connectivity index (χ2v) is 4.95. The minimum absolute atomic E-state index is 0.115. The van der Waals surface area contributed by atoms with Crippen molar-refractivity contribution in [1.29, 1.82) is 0 Å². The molecule has 0 aliphatic carbocycles. The smallest absolute Gasteiger partial charge is 0.251 e. The molecule has 0 atom stereocenters. The summed E-state index contributed by atoms with van der Waals surface area (Å²) in [5, 5.41) is 6.00. The molecule has 2 N–H and O–H groups in total. The number of likely N-dealkylation sites (N-methyl/N-ethyl adjacent to an activating group) is 1. The lowest BCUT2D eigenvalue weighted by Gasteiger charge is -2.20. The minimum atomic E-state index is -0.115. The lowest BCUT2D eigenvalue weighted by Crippen LogP contribution is -2.31. The fourth-order valence-electron chi connectivity index (χ4n) is 1.79. The van der Waals surface area contributed by atoms with Crippen LogP contribution < -0.4 is 20.1 Å². The number of nitrogens with one attached hydrogen (secondary N) is 2. The van der Waals surface area contributed by atoms with Crippen LogP contribution in [0, 0.1) is 0 Å². The molecule has 19 heavy (non-hydrogen) atoms. The predicted molar refractivity (Wildman–Crippen MR) is 76.0 cm³/mol. The number of halogens is 1. The van der Waals surface area contributed by atoms with Crippen molar-refractivity contribution in [1.82, 2.24) is 10.6 Å². The lowest BCUT2D eigenvalue weighted by atomic mass is 10.2. The number of amides is 1. The molecule has 0 saturated carbocycles. The van der Waals surface area contributed by atoms with E-state index in [1.165, 1.54) is 0 Å². The van der Waals surface area contributed by atoms with Crippen LogP contribution in [0.2, 0.25) is 0 Å². The summed E-state index contributed by atoms with van der Waals surface area (Å²) in [6, 6.07) is 3.46. The van der Waals surface area contributed by atoms with Crippen LogP contribution in [0.4, 0.5) is 0 Å². The first kappa shape index (κ1) is 14.1. The summed E-state index contributed by atoms with van der Waals surface area (Å²) in [5.74, 6) is 1.16. The van der Waals surface area contributed by atoms with E-state index in [9.17, 15) is 4.79 Å². The number of hydrogen-bond donors (Lipinski definition) is 2. The van der Waals surface area contributed by atoms with Gasteiger partial charge in [-0.25, -0.2) is 0 Å². The van der Waals surface area contributed by atoms with Crippen LogP contribution in [0.25, 0.3) is 0 Å². The highest BCUT2D eigenvalue weighted by Crippen LogP contribution is 2.38. The van der Waals surface area contributed by atoms with E-state index in [1.54, 1.807) is 12.1 Å². The van der Waals surface area contributed by atoms with Gasteiger partial charge in [0.25, 0.3) is 5.91 Å². The van der Waals surface area contributed by atoms with Gasteiger partial charge in [0.05, 0.1) is 4.47 Å². The molecule has 0 fully saturated rings. The number of ether oxygens (including phenoxy) is 2. The van der Waals surface area contributed by atoms with Gasteiger partial charge in [-0.1, -0.05) is 6.92 Å². The number of benzene rings is 1. The maximum absolute atomic E-state index is 12.0. The Morgan fingerprint density at radius 2 is 2.11 bits per heavy atom. The minimum Gasteiger partial charge on any atom is -0.486 e. The molecule has 6 heteroatoms. The molecule has 0 bridgehead atoms. The molecule has 0 radical (unpaired) electrons. The van der Waals surface area contributed by atoms with Crippen molar-refractivity contribution in [3.63, 3.8) is 0 Å². The molecular formula is C13H17BrN2O3. The van der Waals surface area contributed by atoms with Crippen molar-refractivity contribution in [2.75, 3.05) is 32.8 Å². The second-order valence-electron chi connectivity index (χ2n) is 4.09. The maximum atomic E-state index is 12.0. The molecule has 0 spiro atoms. The summed E-state index contributed by atoms with van der Waals surface area (Å²) in [4.78, 5) is 12.0. The molecule has 0 saturated heterocycles. The predicted octanol–water partition coefficient (Wildman–Crippen LogP) is 1.56. The maximum Gasteiger partial charge on any atom is 0.251 e. The van der Waals surface area contributed by atoms with Gasteiger partial charge >= 0.3 is 0 Å². The molecule has 1 aromatic carbocycles. The quantitative estimate of drug-likeness (QED) is 0.805. The van der Waals surface area contributed by atoms with Crippen LogP contribution in [0.1, 0.15) is 17.3 Å². The van der Waals surface area contributed by atoms with Gasteiger partial charge in [0, 0.05) is 18.7 Å². The summed E-state index contributed by atoms with van der Waals surface area (Å²) in [6.07, 6.45) is 0. The van der Waals surface area contributed by atoms with Gasteiger partial charge < -0.3 is 20.1 Å². The van der Waals surface area contributed by atoms with Crippen molar-refractivity contribution in [2.24, 2.45) is 0 Å². The second kappa shape index (κ2) is 6.77. The third-order valence-electron chi connectivity index (χ3n) is 2.70.